The summed E-state index contributed by atoms with van der Waals surface area (Å²) in [4.78, 5) is 0. The van der Waals surface area contributed by atoms with Gasteiger partial charge >= 0.3 is 6.18 Å². The van der Waals surface area contributed by atoms with Gasteiger partial charge in [-0.05, 0) is 37.5 Å². The fourth-order valence-electron chi connectivity index (χ4n) is 2.92. The van der Waals surface area contributed by atoms with Gasteiger partial charge in [-0.1, -0.05) is 54.4 Å². The Kier molecular flexibility index (Phi) is 14.0. The molecule has 2 aliphatic carbocycles. The second-order valence-electron chi connectivity index (χ2n) is 6.55. The van der Waals surface area contributed by atoms with Crippen LogP contribution in [-0.4, -0.2) is 12.1 Å². The lowest BCUT2D eigenvalue weighted by Gasteiger charge is -2.28. The monoisotopic (exact) mass is 360 g/mol. The van der Waals surface area contributed by atoms with Gasteiger partial charge in [0.25, 0.3) is 0 Å². The highest BCUT2D eigenvalue weighted by atomic mass is 19.4. The Morgan fingerprint density at radius 3 is 1.50 bits per heavy atom. The smallest absolute Gasteiger partial charge is 0.207 e. The number of alkyl halides is 5. The standard InChI is InChI=1S/C8H13F3.C7H12F2.2C2H6/c1-6-3-2-4-7(5-6)8(9,10)11;1-6-2-4-7(8,9)5-3-6;2*1-2/h6-7H,2-5H2,1H3;6H,2-5H2,1H3;2*1-2H3. The molecule has 2 rings (SSSR count). The minimum absolute atomic E-state index is 0.105. The van der Waals surface area contributed by atoms with Crippen LogP contribution < -0.4 is 0 Å². The number of hydrogen-bond acceptors (Lipinski definition) is 0. The molecule has 0 nitrogen and oxygen atoms in total. The SMILES string of the molecule is CC.CC.CC1CCC(F)(F)CC1.CC1CCCC(C(F)(F)F)C1. The van der Waals surface area contributed by atoms with Crippen molar-refractivity contribution in [2.45, 2.75) is 105 Å². The molecule has 2 unspecified atom stereocenters. The molecule has 2 atom stereocenters. The van der Waals surface area contributed by atoms with Crippen molar-refractivity contribution in [2.24, 2.45) is 17.8 Å². The molecule has 0 saturated heterocycles. The lowest BCUT2D eigenvalue weighted by Crippen LogP contribution is -2.27. The fourth-order valence-corrected chi connectivity index (χ4v) is 2.92. The third kappa shape index (κ3) is 12.1. The van der Waals surface area contributed by atoms with E-state index in [0.717, 1.165) is 12.8 Å². The summed E-state index contributed by atoms with van der Waals surface area (Å²) in [5.41, 5.74) is 0. The van der Waals surface area contributed by atoms with E-state index in [-0.39, 0.29) is 18.8 Å². The Bertz CT molecular complexity index is 276. The van der Waals surface area contributed by atoms with Crippen molar-refractivity contribution in [2.75, 3.05) is 0 Å². The first-order chi connectivity index (χ1) is 11.1. The zero-order chi connectivity index (χ0) is 19.4. The van der Waals surface area contributed by atoms with E-state index in [4.69, 9.17) is 0 Å². The zero-order valence-electron chi connectivity index (χ0n) is 16.3. The Hall–Kier alpha value is -0.350. The van der Waals surface area contributed by atoms with Crippen molar-refractivity contribution in [3.05, 3.63) is 0 Å². The average Bonchev–Trinajstić information content (AvgIpc) is 2.54. The van der Waals surface area contributed by atoms with Gasteiger partial charge in [-0.3, -0.25) is 0 Å². The van der Waals surface area contributed by atoms with E-state index in [1.54, 1.807) is 0 Å². The highest BCUT2D eigenvalue weighted by Crippen LogP contribution is 2.39. The highest BCUT2D eigenvalue weighted by Gasteiger charge is 2.41. The third-order valence-corrected chi connectivity index (χ3v) is 4.41. The molecular weight excluding hydrogens is 323 g/mol. The predicted molar refractivity (Wildman–Crippen MR) is 92.5 cm³/mol. The summed E-state index contributed by atoms with van der Waals surface area (Å²) in [6.07, 6.45) is 0.0479. The molecular formula is C19H37F5. The zero-order valence-corrected chi connectivity index (χ0v) is 16.3. The quantitative estimate of drug-likeness (QED) is 0.381. The van der Waals surface area contributed by atoms with Gasteiger partial charge in [0.2, 0.25) is 5.92 Å². The second kappa shape index (κ2) is 12.9. The molecule has 0 aromatic carbocycles. The van der Waals surface area contributed by atoms with Gasteiger partial charge < -0.3 is 0 Å². The normalized spacial score (nSPS) is 26.6. The van der Waals surface area contributed by atoms with Gasteiger partial charge in [0.05, 0.1) is 5.92 Å². The minimum Gasteiger partial charge on any atom is -0.207 e. The third-order valence-electron chi connectivity index (χ3n) is 4.41. The van der Waals surface area contributed by atoms with Crippen molar-refractivity contribution >= 4 is 0 Å². The van der Waals surface area contributed by atoms with Gasteiger partial charge in [-0.2, -0.15) is 13.2 Å². The van der Waals surface area contributed by atoms with Crippen LogP contribution in [0.1, 0.15) is 92.9 Å². The summed E-state index contributed by atoms with van der Waals surface area (Å²) in [6.45, 7) is 11.9. The molecule has 0 N–H and O–H groups in total. The van der Waals surface area contributed by atoms with Gasteiger partial charge in [0.15, 0.2) is 0 Å². The molecule has 0 aromatic heterocycles. The molecule has 2 aliphatic rings. The molecule has 0 radical (unpaired) electrons. The van der Waals surface area contributed by atoms with Crippen LogP contribution in [0.15, 0.2) is 0 Å². The van der Waals surface area contributed by atoms with E-state index in [2.05, 4.69) is 0 Å². The molecule has 0 bridgehead atoms. The van der Waals surface area contributed by atoms with Crippen LogP contribution in [0, 0.1) is 17.8 Å². The highest BCUT2D eigenvalue weighted by molar-refractivity contribution is 4.76. The molecule has 2 saturated carbocycles. The molecule has 2 fully saturated rings. The first-order valence-corrected chi connectivity index (χ1v) is 9.54. The molecule has 0 aliphatic heterocycles. The summed E-state index contributed by atoms with van der Waals surface area (Å²) in [7, 11) is 0. The molecule has 24 heavy (non-hydrogen) atoms. The summed E-state index contributed by atoms with van der Waals surface area (Å²) in [6, 6.07) is 0. The summed E-state index contributed by atoms with van der Waals surface area (Å²) in [5.74, 6) is -2.58. The van der Waals surface area contributed by atoms with Crippen LogP contribution >= 0.6 is 0 Å². The van der Waals surface area contributed by atoms with Crippen molar-refractivity contribution < 1.29 is 22.0 Å². The van der Waals surface area contributed by atoms with E-state index >= 15 is 0 Å². The fraction of sp³-hybridized carbons (Fsp3) is 1.00. The van der Waals surface area contributed by atoms with Gasteiger partial charge in [0, 0.05) is 12.8 Å². The maximum absolute atomic E-state index is 12.4. The molecule has 0 spiro atoms. The van der Waals surface area contributed by atoms with E-state index in [1.807, 2.05) is 41.5 Å². The molecule has 0 amide bonds. The van der Waals surface area contributed by atoms with Gasteiger partial charge in [-0.15, -0.1) is 0 Å². The van der Waals surface area contributed by atoms with E-state index in [9.17, 15) is 22.0 Å². The van der Waals surface area contributed by atoms with Gasteiger partial charge in [0.1, 0.15) is 0 Å². The van der Waals surface area contributed by atoms with Gasteiger partial charge in [-0.25, -0.2) is 8.78 Å². The molecule has 0 aromatic rings. The van der Waals surface area contributed by atoms with Crippen molar-refractivity contribution in [3.8, 4) is 0 Å². The Balaban J connectivity index is 0. The van der Waals surface area contributed by atoms with E-state index in [0.29, 0.717) is 31.6 Å². The largest absolute Gasteiger partial charge is 0.391 e. The molecule has 0 heterocycles. The first kappa shape index (κ1) is 25.9. The first-order valence-electron chi connectivity index (χ1n) is 9.54. The molecule has 5 heteroatoms. The summed E-state index contributed by atoms with van der Waals surface area (Å²) in [5, 5.41) is 0. The van der Waals surface area contributed by atoms with Crippen LogP contribution in [0.25, 0.3) is 0 Å². The number of hydrogen-bond donors (Lipinski definition) is 0. The Labute approximate surface area is 145 Å². The molecule has 148 valence electrons. The van der Waals surface area contributed by atoms with Crippen LogP contribution in [0.5, 0.6) is 0 Å². The average molecular weight is 360 g/mol. The van der Waals surface area contributed by atoms with Crippen molar-refractivity contribution in [3.63, 3.8) is 0 Å². The predicted octanol–water partition coefficient (Wildman–Crippen LogP) is 8.26. The summed E-state index contributed by atoms with van der Waals surface area (Å²) < 4.78 is 61.1. The van der Waals surface area contributed by atoms with E-state index < -0.39 is 18.0 Å². The Morgan fingerprint density at radius 2 is 1.21 bits per heavy atom. The van der Waals surface area contributed by atoms with Crippen LogP contribution in [-0.2, 0) is 0 Å². The second-order valence-corrected chi connectivity index (χ2v) is 6.55. The van der Waals surface area contributed by atoms with Crippen LogP contribution in [0.4, 0.5) is 22.0 Å². The maximum atomic E-state index is 12.4. The number of rotatable bonds is 0. The van der Waals surface area contributed by atoms with E-state index in [1.165, 1.54) is 0 Å². The van der Waals surface area contributed by atoms with Crippen molar-refractivity contribution in [1.29, 1.82) is 0 Å². The summed E-state index contributed by atoms with van der Waals surface area (Å²) >= 11 is 0. The minimum atomic E-state index is -3.95. The number of halogens is 5. The lowest BCUT2D eigenvalue weighted by atomic mass is 9.82. The van der Waals surface area contributed by atoms with Crippen LogP contribution in [0.2, 0.25) is 0 Å². The Morgan fingerprint density at radius 1 is 0.750 bits per heavy atom. The topological polar surface area (TPSA) is 0 Å². The maximum Gasteiger partial charge on any atom is 0.391 e. The van der Waals surface area contributed by atoms with Crippen LogP contribution in [0.3, 0.4) is 0 Å². The van der Waals surface area contributed by atoms with Crippen molar-refractivity contribution in [1.82, 2.24) is 0 Å². The lowest BCUT2D eigenvalue weighted by molar-refractivity contribution is -0.185.